The maximum Gasteiger partial charge on any atom is 0.168 e. The number of nitrogens with one attached hydrogen (secondary N) is 1. The van der Waals surface area contributed by atoms with Gasteiger partial charge in [-0.05, 0) is 18.6 Å². The van der Waals surface area contributed by atoms with Gasteiger partial charge in [0.25, 0.3) is 0 Å². The zero-order valence-corrected chi connectivity index (χ0v) is 10.3. The molecule has 0 radical (unpaired) electrons. The first kappa shape index (κ1) is 11.6. The lowest BCUT2D eigenvalue weighted by atomic mass is 10.1. The van der Waals surface area contributed by atoms with E-state index in [0.29, 0.717) is 5.56 Å². The van der Waals surface area contributed by atoms with Gasteiger partial charge in [0.15, 0.2) is 5.82 Å². The molecule has 0 aliphatic carbocycles. The van der Waals surface area contributed by atoms with Crippen molar-refractivity contribution in [2.24, 2.45) is 0 Å². The molecule has 0 unspecified atom stereocenters. The number of benzene rings is 1. The van der Waals surface area contributed by atoms with Crippen molar-refractivity contribution < 1.29 is 0 Å². The van der Waals surface area contributed by atoms with Crippen LogP contribution in [0.15, 0.2) is 24.3 Å². The minimum atomic E-state index is 0.636. The fraction of sp³-hybridized carbons (Fsp3) is 0.250. The van der Waals surface area contributed by atoms with Crippen molar-refractivity contribution in [1.29, 1.82) is 5.26 Å². The maximum atomic E-state index is 8.87. The molecule has 0 saturated heterocycles. The van der Waals surface area contributed by atoms with Crippen LogP contribution >= 0.6 is 11.7 Å². The van der Waals surface area contributed by atoms with Gasteiger partial charge in [0, 0.05) is 12.1 Å². The fourth-order valence-electron chi connectivity index (χ4n) is 1.47. The van der Waals surface area contributed by atoms with Crippen LogP contribution < -0.4 is 5.32 Å². The van der Waals surface area contributed by atoms with E-state index < -0.39 is 0 Å². The molecule has 4 nitrogen and oxygen atoms in total. The van der Waals surface area contributed by atoms with E-state index in [1.54, 1.807) is 6.07 Å². The first-order valence-corrected chi connectivity index (χ1v) is 6.15. The summed E-state index contributed by atoms with van der Waals surface area (Å²) in [5.74, 6) is 0.798. The van der Waals surface area contributed by atoms with Crippen LogP contribution in [0.3, 0.4) is 0 Å². The van der Waals surface area contributed by atoms with Crippen LogP contribution in [0.1, 0.15) is 18.9 Å². The summed E-state index contributed by atoms with van der Waals surface area (Å²) in [5.41, 5.74) is 2.38. The van der Waals surface area contributed by atoms with Gasteiger partial charge in [0.05, 0.1) is 23.4 Å². The van der Waals surface area contributed by atoms with Crippen molar-refractivity contribution in [3.63, 3.8) is 0 Å². The predicted molar refractivity (Wildman–Crippen MR) is 68.8 cm³/mol. The molecular formula is C12H12N4S. The molecule has 1 aromatic carbocycles. The normalized spacial score (nSPS) is 9.88. The molecule has 0 atom stereocenters. The summed E-state index contributed by atoms with van der Waals surface area (Å²) in [6.07, 6.45) is 1.04. The first-order chi connectivity index (χ1) is 8.35. The second kappa shape index (κ2) is 5.41. The Balaban J connectivity index is 2.33. The lowest BCUT2D eigenvalue weighted by Gasteiger charge is -2.03. The highest BCUT2D eigenvalue weighted by Gasteiger charge is 2.10. The summed E-state index contributed by atoms with van der Waals surface area (Å²) in [6, 6.07) is 9.53. The van der Waals surface area contributed by atoms with E-state index in [4.69, 9.17) is 5.26 Å². The van der Waals surface area contributed by atoms with E-state index in [-0.39, 0.29) is 0 Å². The first-order valence-electron chi connectivity index (χ1n) is 5.42. The van der Waals surface area contributed by atoms with Crippen LogP contribution in [-0.4, -0.2) is 15.3 Å². The summed E-state index contributed by atoms with van der Waals surface area (Å²) in [5, 5.41) is 12.1. The Morgan fingerprint density at radius 1 is 1.41 bits per heavy atom. The highest BCUT2D eigenvalue weighted by Crippen LogP contribution is 2.26. The van der Waals surface area contributed by atoms with Gasteiger partial charge in [0.2, 0.25) is 0 Å². The second-order valence-corrected chi connectivity index (χ2v) is 4.11. The van der Waals surface area contributed by atoms with Crippen LogP contribution in [0, 0.1) is 11.3 Å². The smallest absolute Gasteiger partial charge is 0.168 e. The minimum absolute atomic E-state index is 0.636. The molecule has 1 aromatic heterocycles. The lowest BCUT2D eigenvalue weighted by molar-refractivity contribution is 0.974. The van der Waals surface area contributed by atoms with Crippen LogP contribution in [-0.2, 0) is 0 Å². The Kier molecular flexibility index (Phi) is 3.68. The number of hydrogen-bond donors (Lipinski definition) is 1. The van der Waals surface area contributed by atoms with Crippen molar-refractivity contribution >= 4 is 17.5 Å². The van der Waals surface area contributed by atoms with E-state index in [9.17, 15) is 0 Å². The van der Waals surface area contributed by atoms with Gasteiger partial charge in [-0.1, -0.05) is 19.1 Å². The van der Waals surface area contributed by atoms with Crippen LogP contribution in [0.25, 0.3) is 11.3 Å². The van der Waals surface area contributed by atoms with Crippen molar-refractivity contribution in [1.82, 2.24) is 8.75 Å². The molecule has 0 saturated carbocycles. The van der Waals surface area contributed by atoms with E-state index in [0.717, 1.165) is 30.0 Å². The number of nitrogens with zero attached hydrogens (tertiary/aromatic N) is 3. The molecule has 1 N–H and O–H groups in total. The van der Waals surface area contributed by atoms with Gasteiger partial charge < -0.3 is 5.32 Å². The number of hydrogen-bond acceptors (Lipinski definition) is 5. The Labute approximate surface area is 104 Å². The van der Waals surface area contributed by atoms with E-state index in [1.807, 2.05) is 18.2 Å². The highest BCUT2D eigenvalue weighted by molar-refractivity contribution is 6.99. The lowest BCUT2D eigenvalue weighted by Crippen LogP contribution is -2.01. The molecule has 0 aliphatic rings. The van der Waals surface area contributed by atoms with Crippen molar-refractivity contribution in [2.45, 2.75) is 13.3 Å². The van der Waals surface area contributed by atoms with Crippen molar-refractivity contribution in [3.8, 4) is 17.3 Å². The molecule has 86 valence electrons. The monoisotopic (exact) mass is 244 g/mol. The van der Waals surface area contributed by atoms with Gasteiger partial charge >= 0.3 is 0 Å². The highest BCUT2D eigenvalue weighted by atomic mass is 32.1. The molecule has 0 aliphatic heterocycles. The third-order valence-corrected chi connectivity index (χ3v) is 2.82. The molecule has 5 heteroatoms. The standard InChI is InChI=1S/C12H12N4S/c1-2-6-14-12-11(15-17-16-12)10-5-3-4-9(7-10)8-13/h3-5,7H,2,6H2,1H3,(H,14,16). The SMILES string of the molecule is CCCNc1nsnc1-c1cccc(C#N)c1. The topological polar surface area (TPSA) is 61.6 Å². The summed E-state index contributed by atoms with van der Waals surface area (Å²) in [6.45, 7) is 2.97. The quantitative estimate of drug-likeness (QED) is 0.898. The Morgan fingerprint density at radius 2 is 2.29 bits per heavy atom. The van der Waals surface area contributed by atoms with Gasteiger partial charge in [-0.25, -0.2) is 0 Å². The zero-order chi connectivity index (χ0) is 12.1. The van der Waals surface area contributed by atoms with Crippen LogP contribution in [0.5, 0.6) is 0 Å². The molecule has 0 bridgehead atoms. The van der Waals surface area contributed by atoms with Gasteiger partial charge in [0.1, 0.15) is 5.69 Å². The van der Waals surface area contributed by atoms with Crippen molar-refractivity contribution in [2.75, 3.05) is 11.9 Å². The maximum absolute atomic E-state index is 8.87. The molecular weight excluding hydrogens is 232 g/mol. The Morgan fingerprint density at radius 3 is 3.06 bits per heavy atom. The number of nitriles is 1. The van der Waals surface area contributed by atoms with Gasteiger partial charge in [-0.3, -0.25) is 0 Å². The molecule has 1 heterocycles. The molecule has 17 heavy (non-hydrogen) atoms. The molecule has 2 rings (SSSR count). The minimum Gasteiger partial charge on any atom is -0.367 e. The Bertz CT molecular complexity index is 541. The molecule has 2 aromatic rings. The third-order valence-electron chi connectivity index (χ3n) is 2.30. The third kappa shape index (κ3) is 2.60. The fourth-order valence-corrected chi connectivity index (χ4v) is 2.02. The summed E-state index contributed by atoms with van der Waals surface area (Å²) < 4.78 is 8.50. The van der Waals surface area contributed by atoms with Crippen LogP contribution in [0.2, 0.25) is 0 Å². The summed E-state index contributed by atoms with van der Waals surface area (Å²) >= 11 is 1.18. The number of aromatic nitrogens is 2. The summed E-state index contributed by atoms with van der Waals surface area (Å²) in [4.78, 5) is 0. The van der Waals surface area contributed by atoms with E-state index in [1.165, 1.54) is 11.7 Å². The molecule has 0 spiro atoms. The average Bonchev–Trinajstić information content (AvgIpc) is 2.84. The van der Waals surface area contributed by atoms with Gasteiger partial charge in [-0.2, -0.15) is 14.0 Å². The zero-order valence-electron chi connectivity index (χ0n) is 9.47. The molecule has 0 fully saturated rings. The second-order valence-electron chi connectivity index (χ2n) is 3.58. The largest absolute Gasteiger partial charge is 0.367 e. The predicted octanol–water partition coefficient (Wildman–Crippen LogP) is 2.90. The summed E-state index contributed by atoms with van der Waals surface area (Å²) in [7, 11) is 0. The van der Waals surface area contributed by atoms with Gasteiger partial charge in [-0.15, -0.1) is 0 Å². The number of rotatable bonds is 4. The van der Waals surface area contributed by atoms with Crippen molar-refractivity contribution in [3.05, 3.63) is 29.8 Å². The molecule has 0 amide bonds. The van der Waals surface area contributed by atoms with E-state index >= 15 is 0 Å². The average molecular weight is 244 g/mol. The van der Waals surface area contributed by atoms with Crippen LogP contribution in [0.4, 0.5) is 5.82 Å². The van der Waals surface area contributed by atoms with E-state index in [2.05, 4.69) is 27.1 Å². The Hall–Kier alpha value is -1.93. The number of anilines is 1.